The topological polar surface area (TPSA) is 87.5 Å². The zero-order valence-corrected chi connectivity index (χ0v) is 16.6. The Morgan fingerprint density at radius 3 is 2.79 bits per heavy atom. The molecular weight excluding hydrogens is 372 g/mol. The van der Waals surface area contributed by atoms with Crippen LogP contribution >= 0.6 is 0 Å². The van der Waals surface area contributed by atoms with Gasteiger partial charge in [-0.15, -0.1) is 0 Å². The number of carbonyl (C=O) groups excluding carboxylic acids is 1. The molecule has 1 aliphatic heterocycles. The smallest absolute Gasteiger partial charge is 0.253 e. The van der Waals surface area contributed by atoms with E-state index in [2.05, 4.69) is 19.9 Å². The van der Waals surface area contributed by atoms with Crippen LogP contribution in [0, 0.1) is 0 Å². The molecule has 1 aliphatic rings. The second-order valence-electron chi connectivity index (χ2n) is 6.92. The summed E-state index contributed by atoms with van der Waals surface area (Å²) < 4.78 is 18.1. The summed E-state index contributed by atoms with van der Waals surface area (Å²) in [5, 5.41) is 2.91. The lowest BCUT2D eigenvalue weighted by molar-refractivity contribution is 0.0704. The highest BCUT2D eigenvalue weighted by molar-refractivity contribution is 5.96. The Morgan fingerprint density at radius 1 is 1.21 bits per heavy atom. The Bertz CT molecular complexity index is 1010. The maximum Gasteiger partial charge on any atom is 0.253 e. The highest BCUT2D eigenvalue weighted by Gasteiger charge is 2.19. The molecular formula is C21H24N4O4. The molecule has 0 bridgehead atoms. The fourth-order valence-electron chi connectivity index (χ4n) is 3.55. The molecule has 1 fully saturated rings. The van der Waals surface area contributed by atoms with Gasteiger partial charge in [0.25, 0.3) is 5.91 Å². The van der Waals surface area contributed by atoms with Crippen LogP contribution in [0.4, 0.5) is 0 Å². The lowest BCUT2D eigenvalue weighted by atomic mass is 10.1. The number of imidazole rings is 1. The van der Waals surface area contributed by atoms with Crippen molar-refractivity contribution >= 4 is 17.1 Å². The van der Waals surface area contributed by atoms with Gasteiger partial charge in [-0.3, -0.25) is 4.79 Å². The lowest BCUT2D eigenvalue weighted by Crippen LogP contribution is -2.23. The van der Waals surface area contributed by atoms with Crippen molar-refractivity contribution in [1.82, 2.24) is 19.9 Å². The molecule has 0 spiro atoms. The number of benzene rings is 1. The third kappa shape index (κ3) is 4.02. The number of hydrogen-bond donors (Lipinski definition) is 1. The first kappa shape index (κ1) is 19.2. The van der Waals surface area contributed by atoms with E-state index < -0.39 is 0 Å². The summed E-state index contributed by atoms with van der Waals surface area (Å²) in [5.41, 5.74) is 2.85. The number of methoxy groups -OCH3 is 2. The number of pyridine rings is 1. The molecule has 3 heterocycles. The van der Waals surface area contributed by atoms with E-state index in [-0.39, 0.29) is 5.91 Å². The predicted octanol–water partition coefficient (Wildman–Crippen LogP) is 2.73. The second-order valence-corrected chi connectivity index (χ2v) is 6.92. The van der Waals surface area contributed by atoms with E-state index in [1.807, 2.05) is 12.1 Å². The highest BCUT2D eigenvalue weighted by Crippen LogP contribution is 2.26. The maximum atomic E-state index is 12.6. The van der Waals surface area contributed by atoms with E-state index in [9.17, 15) is 4.79 Å². The molecule has 8 heteroatoms. The average Bonchev–Trinajstić information content (AvgIpc) is 3.21. The van der Waals surface area contributed by atoms with Gasteiger partial charge in [0, 0.05) is 43.6 Å². The van der Waals surface area contributed by atoms with E-state index in [4.69, 9.17) is 14.2 Å². The molecule has 29 heavy (non-hydrogen) atoms. The van der Waals surface area contributed by atoms with Crippen LogP contribution in [-0.2, 0) is 11.3 Å². The first-order valence-electron chi connectivity index (χ1n) is 9.59. The first-order chi connectivity index (χ1) is 14.2. The zero-order chi connectivity index (χ0) is 20.2. The van der Waals surface area contributed by atoms with Crippen LogP contribution in [-0.4, -0.2) is 47.9 Å². The Hall–Kier alpha value is -3.13. The van der Waals surface area contributed by atoms with Crippen LogP contribution in [0.25, 0.3) is 11.2 Å². The van der Waals surface area contributed by atoms with E-state index >= 15 is 0 Å². The molecule has 0 atom stereocenters. The lowest BCUT2D eigenvalue weighted by Gasteiger charge is -2.23. The monoisotopic (exact) mass is 396 g/mol. The van der Waals surface area contributed by atoms with Crippen molar-refractivity contribution in [3.63, 3.8) is 0 Å². The number of nitrogens with zero attached hydrogens (tertiary/aromatic N) is 3. The van der Waals surface area contributed by atoms with Crippen LogP contribution in [0.1, 0.15) is 34.8 Å². The van der Waals surface area contributed by atoms with E-state index in [0.717, 1.165) is 37.3 Å². The molecule has 3 aromatic rings. The Kier molecular flexibility index (Phi) is 5.62. The van der Waals surface area contributed by atoms with Gasteiger partial charge >= 0.3 is 0 Å². The van der Waals surface area contributed by atoms with E-state index in [1.165, 1.54) is 0 Å². The minimum atomic E-state index is -0.210. The fraction of sp³-hybridized carbons (Fsp3) is 0.381. The SMILES string of the molecule is COc1ccc(CNC(=O)c2cnc3c(c2)ncn3C2CCOCC2)c(OC)c1. The maximum absolute atomic E-state index is 12.6. The molecule has 8 nitrogen and oxygen atoms in total. The van der Waals surface area contributed by atoms with E-state index in [0.29, 0.717) is 35.2 Å². The van der Waals surface area contributed by atoms with Crippen LogP contribution < -0.4 is 14.8 Å². The summed E-state index contributed by atoms with van der Waals surface area (Å²) in [7, 11) is 3.19. The van der Waals surface area contributed by atoms with Gasteiger partial charge in [0.05, 0.1) is 26.1 Å². The summed E-state index contributed by atoms with van der Waals surface area (Å²) in [4.78, 5) is 21.6. The number of hydrogen-bond acceptors (Lipinski definition) is 6. The van der Waals surface area contributed by atoms with Gasteiger partial charge in [-0.1, -0.05) is 0 Å². The third-order valence-corrected chi connectivity index (χ3v) is 5.19. The molecule has 1 N–H and O–H groups in total. The second kappa shape index (κ2) is 8.48. The van der Waals surface area contributed by atoms with Crippen LogP contribution in [0.2, 0.25) is 0 Å². The predicted molar refractivity (Wildman–Crippen MR) is 107 cm³/mol. The van der Waals surface area contributed by atoms with Crippen molar-refractivity contribution in [2.45, 2.75) is 25.4 Å². The van der Waals surface area contributed by atoms with Crippen molar-refractivity contribution in [1.29, 1.82) is 0 Å². The molecule has 1 saturated heterocycles. The highest BCUT2D eigenvalue weighted by atomic mass is 16.5. The van der Waals surface area contributed by atoms with E-state index in [1.54, 1.807) is 38.9 Å². The van der Waals surface area contributed by atoms with Gasteiger partial charge in [0.15, 0.2) is 5.65 Å². The van der Waals surface area contributed by atoms with Crippen LogP contribution in [0.5, 0.6) is 11.5 Å². The Morgan fingerprint density at radius 2 is 2.03 bits per heavy atom. The summed E-state index contributed by atoms with van der Waals surface area (Å²) >= 11 is 0. The summed E-state index contributed by atoms with van der Waals surface area (Å²) in [6.07, 6.45) is 5.29. The summed E-state index contributed by atoms with van der Waals surface area (Å²) in [6.45, 7) is 1.83. The molecule has 1 amide bonds. The normalized spacial score (nSPS) is 14.7. The molecule has 0 saturated carbocycles. The van der Waals surface area contributed by atoms with Crippen molar-refractivity contribution < 1.29 is 19.0 Å². The molecule has 2 aromatic heterocycles. The minimum absolute atomic E-state index is 0.210. The number of carbonyl (C=O) groups is 1. The Balaban J connectivity index is 1.48. The van der Waals surface area contributed by atoms with Crippen molar-refractivity contribution in [3.8, 4) is 11.5 Å². The van der Waals surface area contributed by atoms with Crippen molar-refractivity contribution in [3.05, 3.63) is 47.9 Å². The van der Waals surface area contributed by atoms with Crippen LogP contribution in [0.15, 0.2) is 36.8 Å². The molecule has 4 rings (SSSR count). The zero-order valence-electron chi connectivity index (χ0n) is 16.6. The molecule has 0 aliphatic carbocycles. The van der Waals surface area contributed by atoms with Gasteiger partial charge in [0.2, 0.25) is 0 Å². The van der Waals surface area contributed by atoms with Crippen LogP contribution in [0.3, 0.4) is 0 Å². The van der Waals surface area contributed by atoms with Gasteiger partial charge < -0.3 is 24.1 Å². The molecule has 0 radical (unpaired) electrons. The molecule has 152 valence electrons. The number of amides is 1. The van der Waals surface area contributed by atoms with Crippen molar-refractivity contribution in [2.24, 2.45) is 0 Å². The number of ether oxygens (including phenoxy) is 3. The minimum Gasteiger partial charge on any atom is -0.497 e. The van der Waals surface area contributed by atoms with Gasteiger partial charge in [-0.2, -0.15) is 0 Å². The van der Waals surface area contributed by atoms with Gasteiger partial charge in [-0.25, -0.2) is 9.97 Å². The standard InChI is InChI=1S/C21H24N4O4/c1-27-17-4-3-14(19(10-17)28-2)11-23-21(26)15-9-18-20(22-12-15)25(13-24-18)16-5-7-29-8-6-16/h3-4,9-10,12-13,16H,5-8,11H2,1-2H3,(H,23,26). The Labute approximate surface area is 168 Å². The average molecular weight is 396 g/mol. The summed E-state index contributed by atoms with van der Waals surface area (Å²) in [6, 6.07) is 7.61. The van der Waals surface area contributed by atoms with Crippen molar-refractivity contribution in [2.75, 3.05) is 27.4 Å². The first-order valence-corrected chi connectivity index (χ1v) is 9.59. The number of fused-ring (bicyclic) bond motifs is 1. The molecule has 1 aromatic carbocycles. The summed E-state index contributed by atoms with van der Waals surface area (Å²) in [5.74, 6) is 1.15. The fourth-order valence-corrected chi connectivity index (χ4v) is 3.55. The number of rotatable bonds is 6. The third-order valence-electron chi connectivity index (χ3n) is 5.19. The number of nitrogens with one attached hydrogen (secondary N) is 1. The van der Waals surface area contributed by atoms with Gasteiger partial charge in [-0.05, 0) is 31.0 Å². The number of aromatic nitrogens is 3. The molecule has 0 unspecified atom stereocenters. The quantitative estimate of drug-likeness (QED) is 0.689. The largest absolute Gasteiger partial charge is 0.497 e. The van der Waals surface area contributed by atoms with Gasteiger partial charge in [0.1, 0.15) is 17.0 Å².